The van der Waals surface area contributed by atoms with Gasteiger partial charge in [0, 0.05) is 41.1 Å². The lowest BCUT2D eigenvalue weighted by Crippen LogP contribution is -2.35. The summed E-state index contributed by atoms with van der Waals surface area (Å²) in [5.74, 6) is 0.903. The summed E-state index contributed by atoms with van der Waals surface area (Å²) in [6, 6.07) is 7.23. The van der Waals surface area contributed by atoms with Gasteiger partial charge in [0.2, 0.25) is 5.75 Å². The highest BCUT2D eigenvalue weighted by atomic mass is 16.5. The van der Waals surface area contributed by atoms with Crippen molar-refractivity contribution >= 4 is 17.5 Å². The third-order valence-electron chi connectivity index (χ3n) is 6.19. The lowest BCUT2D eigenvalue weighted by molar-refractivity contribution is -0.116. The van der Waals surface area contributed by atoms with E-state index in [2.05, 4.69) is 15.6 Å². The number of hydrogen-bond donors (Lipinski definition) is 2. The van der Waals surface area contributed by atoms with Crippen molar-refractivity contribution in [3.63, 3.8) is 0 Å². The first-order valence-electron chi connectivity index (χ1n) is 11.2. The fourth-order valence-electron chi connectivity index (χ4n) is 4.61. The minimum absolute atomic E-state index is 0.0266. The van der Waals surface area contributed by atoms with Gasteiger partial charge in [-0.05, 0) is 56.0 Å². The highest BCUT2D eigenvalue weighted by Gasteiger charge is 2.39. The second-order valence-electron chi connectivity index (χ2n) is 8.40. The largest absolute Gasteiger partial charge is 0.493 e. The van der Waals surface area contributed by atoms with Crippen molar-refractivity contribution in [2.45, 2.75) is 39.0 Å². The molecular weight excluding hydrogens is 434 g/mol. The number of nitrogens with one attached hydrogen (secondary N) is 2. The number of amides is 1. The predicted molar refractivity (Wildman–Crippen MR) is 128 cm³/mol. The molecule has 8 nitrogen and oxygen atoms in total. The van der Waals surface area contributed by atoms with Crippen molar-refractivity contribution in [3.8, 4) is 17.2 Å². The molecule has 178 valence electrons. The third kappa shape index (κ3) is 4.23. The van der Waals surface area contributed by atoms with E-state index >= 15 is 0 Å². The van der Waals surface area contributed by atoms with Crippen LogP contribution in [0.25, 0.3) is 0 Å². The molecule has 1 aromatic carbocycles. The molecule has 1 aliphatic heterocycles. The van der Waals surface area contributed by atoms with Crippen molar-refractivity contribution in [3.05, 3.63) is 64.1 Å². The number of carbonyl (C=O) groups excluding carboxylic acids is 2. The molecule has 2 heterocycles. The molecule has 2 aliphatic rings. The molecule has 8 heteroatoms. The SMILES string of the molecule is COc1cc(C2C(C(=O)Nc3ccc(C)cn3)=C(C)NC3=C2C(=O)CCC3)cc(OC)c1OC. The molecule has 34 heavy (non-hydrogen) atoms. The Balaban J connectivity index is 1.86. The highest BCUT2D eigenvalue weighted by Crippen LogP contribution is 2.47. The van der Waals surface area contributed by atoms with Crippen LogP contribution in [0.3, 0.4) is 0 Å². The summed E-state index contributed by atoms with van der Waals surface area (Å²) in [4.78, 5) is 31.1. The summed E-state index contributed by atoms with van der Waals surface area (Å²) in [5, 5.41) is 6.21. The number of Topliss-reactive ketones (excluding diaryl/α,β-unsaturated/α-hetero) is 1. The number of carbonyl (C=O) groups is 2. The predicted octanol–water partition coefficient (Wildman–Crippen LogP) is 4.02. The van der Waals surface area contributed by atoms with Gasteiger partial charge in [-0.3, -0.25) is 9.59 Å². The number of ketones is 1. The van der Waals surface area contributed by atoms with Gasteiger partial charge in [-0.25, -0.2) is 4.98 Å². The number of nitrogens with zero attached hydrogens (tertiary/aromatic N) is 1. The van der Waals surface area contributed by atoms with Crippen LogP contribution in [0.4, 0.5) is 5.82 Å². The average Bonchev–Trinajstić information content (AvgIpc) is 2.83. The second-order valence-corrected chi connectivity index (χ2v) is 8.40. The number of dihydropyridines is 1. The smallest absolute Gasteiger partial charge is 0.255 e. The van der Waals surface area contributed by atoms with Gasteiger partial charge in [0.05, 0.1) is 21.3 Å². The Bertz CT molecular complexity index is 1170. The molecule has 0 spiro atoms. The molecule has 2 N–H and O–H groups in total. The number of benzene rings is 1. The second kappa shape index (κ2) is 9.59. The van der Waals surface area contributed by atoms with E-state index in [0.717, 1.165) is 24.1 Å². The zero-order chi connectivity index (χ0) is 24.4. The highest BCUT2D eigenvalue weighted by molar-refractivity contribution is 6.09. The summed E-state index contributed by atoms with van der Waals surface area (Å²) >= 11 is 0. The van der Waals surface area contributed by atoms with Gasteiger partial charge >= 0.3 is 0 Å². The molecule has 1 atom stereocenters. The Kier molecular flexibility index (Phi) is 6.58. The summed E-state index contributed by atoms with van der Waals surface area (Å²) in [6.45, 7) is 3.78. The Hall–Kier alpha value is -3.81. The van der Waals surface area contributed by atoms with Crippen LogP contribution in [0, 0.1) is 6.92 Å². The molecule has 1 unspecified atom stereocenters. The maximum atomic E-state index is 13.6. The number of rotatable bonds is 6. The van der Waals surface area contributed by atoms with Crippen molar-refractivity contribution in [2.75, 3.05) is 26.6 Å². The van der Waals surface area contributed by atoms with Gasteiger partial charge in [-0.1, -0.05) is 6.07 Å². The Morgan fingerprint density at radius 3 is 2.35 bits per heavy atom. The first kappa shape index (κ1) is 23.4. The van der Waals surface area contributed by atoms with Gasteiger partial charge < -0.3 is 24.8 Å². The summed E-state index contributed by atoms with van der Waals surface area (Å²) in [5.41, 5.74) is 4.30. The van der Waals surface area contributed by atoms with Gasteiger partial charge in [0.25, 0.3) is 5.91 Å². The number of allylic oxidation sites excluding steroid dienone is 3. The normalized spacial score (nSPS) is 17.7. The molecule has 0 bridgehead atoms. The number of pyridine rings is 1. The van der Waals surface area contributed by atoms with Crippen molar-refractivity contribution in [1.29, 1.82) is 0 Å². The van der Waals surface area contributed by atoms with Gasteiger partial charge in [0.15, 0.2) is 17.3 Å². The third-order valence-corrected chi connectivity index (χ3v) is 6.19. The van der Waals surface area contributed by atoms with Crippen LogP contribution < -0.4 is 24.8 Å². The van der Waals surface area contributed by atoms with Gasteiger partial charge in [-0.2, -0.15) is 0 Å². The van der Waals surface area contributed by atoms with E-state index in [0.29, 0.717) is 51.9 Å². The molecule has 0 saturated carbocycles. The summed E-state index contributed by atoms with van der Waals surface area (Å²) in [6.07, 6.45) is 3.65. The number of aromatic nitrogens is 1. The molecule has 1 amide bonds. The van der Waals surface area contributed by atoms with E-state index in [1.165, 1.54) is 21.3 Å². The van der Waals surface area contributed by atoms with Crippen LogP contribution >= 0.6 is 0 Å². The fourth-order valence-corrected chi connectivity index (χ4v) is 4.61. The van der Waals surface area contributed by atoms with Crippen LogP contribution in [-0.2, 0) is 9.59 Å². The lowest BCUT2D eigenvalue weighted by atomic mass is 9.75. The number of anilines is 1. The first-order valence-corrected chi connectivity index (χ1v) is 11.2. The van der Waals surface area contributed by atoms with E-state index in [4.69, 9.17) is 14.2 Å². The van der Waals surface area contributed by atoms with E-state index in [-0.39, 0.29) is 11.7 Å². The topological polar surface area (TPSA) is 98.8 Å². The monoisotopic (exact) mass is 463 g/mol. The van der Waals surface area contributed by atoms with Gasteiger partial charge in [0.1, 0.15) is 5.82 Å². The number of hydrogen-bond acceptors (Lipinski definition) is 7. The van der Waals surface area contributed by atoms with Crippen molar-refractivity contribution < 1.29 is 23.8 Å². The molecule has 0 radical (unpaired) electrons. The van der Waals surface area contributed by atoms with Crippen molar-refractivity contribution in [1.82, 2.24) is 10.3 Å². The molecule has 1 aromatic heterocycles. The van der Waals surface area contributed by atoms with Crippen LogP contribution in [0.2, 0.25) is 0 Å². The van der Waals surface area contributed by atoms with E-state index < -0.39 is 5.92 Å². The summed E-state index contributed by atoms with van der Waals surface area (Å²) < 4.78 is 16.6. The zero-order valence-corrected chi connectivity index (χ0v) is 20.1. The van der Waals surface area contributed by atoms with E-state index in [9.17, 15) is 9.59 Å². The van der Waals surface area contributed by atoms with Crippen LogP contribution in [0.15, 0.2) is 53.0 Å². The van der Waals surface area contributed by atoms with E-state index in [1.54, 1.807) is 24.4 Å². The minimum Gasteiger partial charge on any atom is -0.493 e. The first-order chi connectivity index (χ1) is 16.4. The van der Waals surface area contributed by atoms with Crippen LogP contribution in [0.1, 0.15) is 43.2 Å². The maximum absolute atomic E-state index is 13.6. The Morgan fingerprint density at radius 2 is 1.76 bits per heavy atom. The quantitative estimate of drug-likeness (QED) is 0.668. The molecule has 0 fully saturated rings. The average molecular weight is 464 g/mol. The van der Waals surface area contributed by atoms with Gasteiger partial charge in [-0.15, -0.1) is 0 Å². The summed E-state index contributed by atoms with van der Waals surface area (Å²) in [7, 11) is 4.61. The molecule has 2 aromatic rings. The Labute approximate surface area is 199 Å². The maximum Gasteiger partial charge on any atom is 0.255 e. The van der Waals surface area contributed by atoms with Crippen LogP contribution in [0.5, 0.6) is 17.2 Å². The number of methoxy groups -OCH3 is 3. The molecule has 0 saturated heterocycles. The molecule has 4 rings (SSSR count). The molecular formula is C26H29N3O5. The number of aryl methyl sites for hydroxylation is 1. The lowest BCUT2D eigenvalue weighted by Gasteiger charge is -2.34. The minimum atomic E-state index is -0.594. The molecule has 1 aliphatic carbocycles. The fraction of sp³-hybridized carbons (Fsp3) is 0.346. The standard InChI is InChI=1S/C26H29N3O5/c1-14-9-10-21(27-13-14)29-26(31)22-15(2)28-17-7-6-8-18(30)24(17)23(22)16-11-19(32-3)25(34-5)20(12-16)33-4/h9-13,23,28H,6-8H2,1-5H3,(H,27,29,31). The van der Waals surface area contributed by atoms with Crippen LogP contribution in [-0.4, -0.2) is 38.0 Å². The zero-order valence-electron chi connectivity index (χ0n) is 20.1. The number of ether oxygens (including phenoxy) is 3. The van der Waals surface area contributed by atoms with E-state index in [1.807, 2.05) is 19.9 Å². The van der Waals surface area contributed by atoms with Crippen molar-refractivity contribution in [2.24, 2.45) is 0 Å². The Morgan fingerprint density at radius 1 is 1.06 bits per heavy atom.